The van der Waals surface area contributed by atoms with Crippen molar-refractivity contribution in [2.45, 2.75) is 18.5 Å². The van der Waals surface area contributed by atoms with E-state index in [1.54, 1.807) is 0 Å². The van der Waals surface area contributed by atoms with Crippen LogP contribution in [0.15, 0.2) is 22.7 Å². The fourth-order valence-corrected chi connectivity index (χ4v) is 1.67. The van der Waals surface area contributed by atoms with E-state index in [0.29, 0.717) is 12.1 Å². The molecule has 0 aliphatic heterocycles. The van der Waals surface area contributed by atoms with Gasteiger partial charge in [0.1, 0.15) is 0 Å². The van der Waals surface area contributed by atoms with Crippen molar-refractivity contribution in [3.05, 3.63) is 33.8 Å². The average Bonchev–Trinajstić information content (AvgIpc) is 2.35. The number of carbonyl (C=O) groups excluding carboxylic acids is 1. The normalized spacial score (nSPS) is 12.6. The topological polar surface area (TPSA) is 29.1 Å². The van der Waals surface area contributed by atoms with E-state index in [9.17, 15) is 35.5 Å². The van der Waals surface area contributed by atoms with Crippen molar-refractivity contribution in [1.29, 1.82) is 0 Å². The third-order valence-electron chi connectivity index (χ3n) is 2.34. The van der Waals surface area contributed by atoms with Crippen LogP contribution in [0.2, 0.25) is 0 Å². The Bertz CT molecular complexity index is 530. The molecule has 0 heterocycles. The lowest BCUT2D eigenvalue weighted by molar-refractivity contribution is -0.137. The Morgan fingerprint density at radius 3 is 2.24 bits per heavy atom. The number of hydrogen-bond donors (Lipinski definition) is 1. The third kappa shape index (κ3) is 4.58. The van der Waals surface area contributed by atoms with Gasteiger partial charge in [0.15, 0.2) is 0 Å². The van der Waals surface area contributed by atoms with E-state index in [4.69, 9.17) is 0 Å². The Kier molecular flexibility index (Phi) is 5.24. The summed E-state index contributed by atoms with van der Waals surface area (Å²) in [4.78, 5) is 11.5. The molecule has 1 rings (SSSR count). The van der Waals surface area contributed by atoms with Crippen LogP contribution in [-0.4, -0.2) is 24.8 Å². The number of amides is 1. The molecular weight excluding hydrogens is 375 g/mol. The molecule has 0 bridgehead atoms. The standard InChI is InChI=1S/C11H7BrF7NO/c12-7-2-1-5(11(17,18)19)3-6(7)8(21)20-4-10(15,16)9(13)14/h1-3,9H,4H2,(H,20,21). The van der Waals surface area contributed by atoms with E-state index in [1.165, 1.54) is 5.32 Å². The van der Waals surface area contributed by atoms with Crippen molar-refractivity contribution in [2.24, 2.45) is 0 Å². The lowest BCUT2D eigenvalue weighted by Gasteiger charge is -2.16. The van der Waals surface area contributed by atoms with Gasteiger partial charge in [-0.1, -0.05) is 0 Å². The van der Waals surface area contributed by atoms with Gasteiger partial charge in [0.2, 0.25) is 0 Å². The number of halogens is 8. The molecule has 21 heavy (non-hydrogen) atoms. The summed E-state index contributed by atoms with van der Waals surface area (Å²) in [6.45, 7) is -1.69. The Labute approximate surface area is 122 Å². The molecule has 0 radical (unpaired) electrons. The molecular formula is C11H7BrF7NO. The fourth-order valence-electron chi connectivity index (χ4n) is 1.25. The molecule has 1 N–H and O–H groups in total. The first-order valence-electron chi connectivity index (χ1n) is 5.26. The highest BCUT2D eigenvalue weighted by Crippen LogP contribution is 2.32. The summed E-state index contributed by atoms with van der Waals surface area (Å²) in [5.41, 5.74) is -1.76. The Hall–Kier alpha value is -1.32. The maximum atomic E-state index is 12.6. The van der Waals surface area contributed by atoms with Crippen molar-refractivity contribution in [1.82, 2.24) is 5.32 Å². The highest BCUT2D eigenvalue weighted by atomic mass is 79.9. The monoisotopic (exact) mass is 381 g/mol. The number of rotatable bonds is 4. The van der Waals surface area contributed by atoms with Gasteiger partial charge >= 0.3 is 18.5 Å². The zero-order valence-electron chi connectivity index (χ0n) is 9.95. The van der Waals surface area contributed by atoms with E-state index in [2.05, 4.69) is 15.9 Å². The minimum absolute atomic E-state index is 0.0895. The molecule has 0 saturated heterocycles. The SMILES string of the molecule is O=C(NCC(F)(F)C(F)F)c1cc(C(F)(F)F)ccc1Br. The highest BCUT2D eigenvalue weighted by Gasteiger charge is 2.41. The molecule has 0 fully saturated rings. The van der Waals surface area contributed by atoms with Crippen molar-refractivity contribution < 1.29 is 35.5 Å². The molecule has 10 heteroatoms. The van der Waals surface area contributed by atoms with Gasteiger partial charge in [-0.3, -0.25) is 4.79 Å². The maximum Gasteiger partial charge on any atom is 0.416 e. The Morgan fingerprint density at radius 1 is 1.19 bits per heavy atom. The van der Waals surface area contributed by atoms with Crippen molar-refractivity contribution >= 4 is 21.8 Å². The van der Waals surface area contributed by atoms with Gasteiger partial charge in [0.25, 0.3) is 5.91 Å². The van der Waals surface area contributed by atoms with Crippen LogP contribution in [0.3, 0.4) is 0 Å². The minimum atomic E-state index is -4.73. The van der Waals surface area contributed by atoms with E-state index in [-0.39, 0.29) is 4.47 Å². The first-order chi connectivity index (χ1) is 9.45. The Morgan fingerprint density at radius 2 is 1.76 bits per heavy atom. The summed E-state index contributed by atoms with van der Waals surface area (Å²) in [5.74, 6) is -5.79. The highest BCUT2D eigenvalue weighted by molar-refractivity contribution is 9.10. The van der Waals surface area contributed by atoms with E-state index >= 15 is 0 Å². The predicted molar refractivity (Wildman–Crippen MR) is 62.4 cm³/mol. The minimum Gasteiger partial charge on any atom is -0.346 e. The summed E-state index contributed by atoms with van der Waals surface area (Å²) in [6, 6.07) is 2.01. The fraction of sp³-hybridized carbons (Fsp3) is 0.364. The number of carbonyl (C=O) groups is 1. The lowest BCUT2D eigenvalue weighted by atomic mass is 10.1. The van der Waals surface area contributed by atoms with Gasteiger partial charge in [-0.2, -0.15) is 22.0 Å². The van der Waals surface area contributed by atoms with Crippen molar-refractivity contribution in [3.63, 3.8) is 0 Å². The van der Waals surface area contributed by atoms with Crippen LogP contribution in [0, 0.1) is 0 Å². The molecule has 0 aromatic heterocycles. The molecule has 0 atom stereocenters. The first kappa shape index (κ1) is 17.7. The quantitative estimate of drug-likeness (QED) is 0.781. The van der Waals surface area contributed by atoms with Crippen molar-refractivity contribution in [2.75, 3.05) is 6.54 Å². The molecule has 0 aliphatic rings. The predicted octanol–water partition coefficient (Wildman–Crippen LogP) is 4.10. The summed E-state index contributed by atoms with van der Waals surface area (Å²) < 4.78 is 86.4. The molecule has 0 spiro atoms. The Balaban J connectivity index is 2.93. The second-order valence-electron chi connectivity index (χ2n) is 3.94. The maximum absolute atomic E-state index is 12.6. The summed E-state index contributed by atoms with van der Waals surface area (Å²) in [7, 11) is 0. The largest absolute Gasteiger partial charge is 0.416 e. The smallest absolute Gasteiger partial charge is 0.346 e. The van der Waals surface area contributed by atoms with Gasteiger partial charge in [0.05, 0.1) is 17.7 Å². The molecule has 118 valence electrons. The first-order valence-corrected chi connectivity index (χ1v) is 6.05. The average molecular weight is 382 g/mol. The lowest BCUT2D eigenvalue weighted by Crippen LogP contribution is -2.41. The van der Waals surface area contributed by atoms with E-state index in [1.807, 2.05) is 0 Å². The van der Waals surface area contributed by atoms with Crippen molar-refractivity contribution in [3.8, 4) is 0 Å². The number of nitrogens with one attached hydrogen (secondary N) is 1. The third-order valence-corrected chi connectivity index (χ3v) is 3.03. The number of hydrogen-bond acceptors (Lipinski definition) is 1. The van der Waals surface area contributed by atoms with Crippen LogP contribution in [0.5, 0.6) is 0 Å². The van der Waals surface area contributed by atoms with Gasteiger partial charge in [-0.25, -0.2) is 8.78 Å². The number of benzene rings is 1. The van der Waals surface area contributed by atoms with Gasteiger partial charge in [0, 0.05) is 4.47 Å². The van der Waals surface area contributed by atoms with Gasteiger partial charge in [-0.15, -0.1) is 0 Å². The van der Waals surface area contributed by atoms with E-state index in [0.717, 1.165) is 6.07 Å². The van der Waals surface area contributed by atoms with Crippen LogP contribution in [0.25, 0.3) is 0 Å². The molecule has 0 aliphatic carbocycles. The molecule has 1 amide bonds. The van der Waals surface area contributed by atoms with Crippen LogP contribution in [0.1, 0.15) is 15.9 Å². The van der Waals surface area contributed by atoms with Crippen LogP contribution in [0.4, 0.5) is 30.7 Å². The van der Waals surface area contributed by atoms with Crippen LogP contribution in [-0.2, 0) is 6.18 Å². The molecule has 1 aromatic carbocycles. The molecule has 1 aromatic rings. The zero-order chi connectivity index (χ0) is 16.4. The molecule has 2 nitrogen and oxygen atoms in total. The molecule has 0 saturated carbocycles. The van der Waals surface area contributed by atoms with E-state index < -0.39 is 42.1 Å². The second kappa shape index (κ2) is 6.20. The van der Waals surface area contributed by atoms with Gasteiger partial charge < -0.3 is 5.32 Å². The summed E-state index contributed by atoms with van der Waals surface area (Å²) in [5, 5.41) is 1.47. The van der Waals surface area contributed by atoms with Crippen LogP contribution >= 0.6 is 15.9 Å². The second-order valence-corrected chi connectivity index (χ2v) is 4.79. The summed E-state index contributed by atoms with van der Waals surface area (Å²) >= 11 is 2.78. The van der Waals surface area contributed by atoms with Crippen LogP contribution < -0.4 is 5.32 Å². The van der Waals surface area contributed by atoms with Gasteiger partial charge in [-0.05, 0) is 34.1 Å². The molecule has 0 unspecified atom stereocenters. The number of alkyl halides is 7. The zero-order valence-corrected chi connectivity index (χ0v) is 11.5. The summed E-state index contributed by atoms with van der Waals surface area (Å²) in [6.07, 6.45) is -8.73.